The zero-order valence-electron chi connectivity index (χ0n) is 33.8. The van der Waals surface area contributed by atoms with Crippen LogP contribution in [0.5, 0.6) is 0 Å². The summed E-state index contributed by atoms with van der Waals surface area (Å²) in [6, 6.07) is -2.64. The Kier molecular flexibility index (Phi) is 36.2. The number of nitrogens with one attached hydrogen (secondary N) is 4. The SMILES string of the molecule is CCCCCCCCCCCCCCCCC(=O)N[C@@H](CCC(=O)N[C@@H](CCC(=O)NCCOCCOCC(=O)NCCOCCOCCO)C(=O)O)C(=O)O. The van der Waals surface area contributed by atoms with Crippen LogP contribution in [-0.4, -0.2) is 136 Å². The lowest BCUT2D eigenvalue weighted by atomic mass is 10.0. The molecule has 2 atom stereocenters. The van der Waals surface area contributed by atoms with Gasteiger partial charge < -0.3 is 55.5 Å². The molecule has 17 nitrogen and oxygen atoms in total. The molecule has 0 rings (SSSR count). The van der Waals surface area contributed by atoms with Crippen molar-refractivity contribution in [2.45, 2.75) is 141 Å². The van der Waals surface area contributed by atoms with Gasteiger partial charge in [-0.2, -0.15) is 0 Å². The van der Waals surface area contributed by atoms with Gasteiger partial charge in [-0.1, -0.05) is 90.4 Å². The average Bonchev–Trinajstić information content (AvgIpc) is 3.16. The van der Waals surface area contributed by atoms with Crippen LogP contribution in [0.15, 0.2) is 0 Å². The van der Waals surface area contributed by atoms with Crippen molar-refractivity contribution in [2.24, 2.45) is 0 Å². The van der Waals surface area contributed by atoms with Gasteiger partial charge in [-0.05, 0) is 19.3 Å². The molecule has 0 aromatic heterocycles. The minimum Gasteiger partial charge on any atom is -0.480 e. The summed E-state index contributed by atoms with van der Waals surface area (Å²) in [7, 11) is 0. The molecule has 0 saturated carbocycles. The van der Waals surface area contributed by atoms with Gasteiger partial charge >= 0.3 is 11.9 Å². The summed E-state index contributed by atoms with van der Waals surface area (Å²) in [5.74, 6) is -4.49. The first kappa shape index (κ1) is 52.6. The van der Waals surface area contributed by atoms with E-state index < -0.39 is 41.7 Å². The van der Waals surface area contributed by atoms with Gasteiger partial charge in [-0.15, -0.1) is 0 Å². The summed E-state index contributed by atoms with van der Waals surface area (Å²) in [4.78, 5) is 72.1. The normalized spacial score (nSPS) is 12.1. The van der Waals surface area contributed by atoms with Gasteiger partial charge in [0.15, 0.2) is 0 Å². The van der Waals surface area contributed by atoms with E-state index in [1.807, 2.05) is 0 Å². The number of unbranched alkanes of at least 4 members (excludes halogenated alkanes) is 13. The van der Waals surface area contributed by atoms with E-state index in [1.165, 1.54) is 64.2 Å². The van der Waals surface area contributed by atoms with Gasteiger partial charge in [0.1, 0.15) is 18.7 Å². The topological polar surface area (TPSA) is 248 Å². The Labute approximate surface area is 333 Å². The molecular formula is C39H72N4O13. The van der Waals surface area contributed by atoms with Crippen molar-refractivity contribution in [3.8, 4) is 0 Å². The molecule has 0 saturated heterocycles. The second-order valence-electron chi connectivity index (χ2n) is 13.7. The summed E-state index contributed by atoms with van der Waals surface area (Å²) in [6.45, 7) is 4.24. The number of carboxylic acids is 2. The molecule has 0 bridgehead atoms. The predicted octanol–water partition coefficient (Wildman–Crippen LogP) is 2.85. The monoisotopic (exact) mass is 805 g/mol. The van der Waals surface area contributed by atoms with E-state index >= 15 is 0 Å². The molecule has 7 N–H and O–H groups in total. The van der Waals surface area contributed by atoms with Gasteiger partial charge in [0.25, 0.3) is 0 Å². The molecule has 0 heterocycles. The van der Waals surface area contributed by atoms with Crippen molar-refractivity contribution in [2.75, 3.05) is 72.6 Å². The number of carbonyl (C=O) groups is 6. The molecule has 0 aliphatic heterocycles. The highest BCUT2D eigenvalue weighted by Crippen LogP contribution is 2.13. The second kappa shape index (κ2) is 38.5. The lowest BCUT2D eigenvalue weighted by molar-refractivity contribution is -0.143. The molecule has 17 heteroatoms. The van der Waals surface area contributed by atoms with Crippen LogP contribution in [0.4, 0.5) is 0 Å². The Morgan fingerprint density at radius 2 is 0.857 bits per heavy atom. The Bertz CT molecular complexity index is 1050. The third-order valence-corrected chi connectivity index (χ3v) is 8.69. The summed E-state index contributed by atoms with van der Waals surface area (Å²) in [5.41, 5.74) is 0. The van der Waals surface area contributed by atoms with Crippen LogP contribution in [0, 0.1) is 0 Å². The van der Waals surface area contributed by atoms with Crippen LogP contribution >= 0.6 is 0 Å². The highest BCUT2D eigenvalue weighted by Gasteiger charge is 2.24. The van der Waals surface area contributed by atoms with Crippen LogP contribution < -0.4 is 21.3 Å². The second-order valence-corrected chi connectivity index (χ2v) is 13.7. The molecule has 0 fully saturated rings. The summed E-state index contributed by atoms with van der Waals surface area (Å²) >= 11 is 0. The maximum Gasteiger partial charge on any atom is 0.326 e. The summed E-state index contributed by atoms with van der Waals surface area (Å²) in [5, 5.41) is 37.7. The van der Waals surface area contributed by atoms with E-state index in [0.29, 0.717) is 32.8 Å². The Balaban J connectivity index is 4.02. The smallest absolute Gasteiger partial charge is 0.326 e. The number of aliphatic hydroxyl groups excluding tert-OH is 1. The van der Waals surface area contributed by atoms with Crippen molar-refractivity contribution in [1.82, 2.24) is 21.3 Å². The molecule has 0 aromatic carbocycles. The van der Waals surface area contributed by atoms with Gasteiger partial charge in [-0.25, -0.2) is 9.59 Å². The van der Waals surface area contributed by atoms with Crippen molar-refractivity contribution < 1.29 is 63.0 Å². The maximum absolute atomic E-state index is 12.5. The molecule has 0 aliphatic carbocycles. The number of amides is 4. The Morgan fingerprint density at radius 3 is 1.32 bits per heavy atom. The molecule has 326 valence electrons. The Hall–Kier alpha value is -3.38. The van der Waals surface area contributed by atoms with Crippen LogP contribution in [0.1, 0.15) is 129 Å². The number of ether oxygens (including phenoxy) is 4. The van der Waals surface area contributed by atoms with E-state index in [4.69, 9.17) is 24.1 Å². The van der Waals surface area contributed by atoms with Gasteiger partial charge in [0.05, 0.1) is 52.9 Å². The van der Waals surface area contributed by atoms with E-state index in [2.05, 4.69) is 28.2 Å². The van der Waals surface area contributed by atoms with Crippen LogP contribution in [0.3, 0.4) is 0 Å². The minimum absolute atomic E-state index is 0.0503. The van der Waals surface area contributed by atoms with Crippen molar-refractivity contribution >= 4 is 35.6 Å². The summed E-state index contributed by atoms with van der Waals surface area (Å²) < 4.78 is 20.9. The average molecular weight is 805 g/mol. The van der Waals surface area contributed by atoms with E-state index in [9.17, 15) is 39.0 Å². The Morgan fingerprint density at radius 1 is 0.464 bits per heavy atom. The van der Waals surface area contributed by atoms with E-state index in [1.54, 1.807) is 0 Å². The highest BCUT2D eigenvalue weighted by atomic mass is 16.5. The van der Waals surface area contributed by atoms with Crippen LogP contribution in [0.2, 0.25) is 0 Å². The number of carboxylic acid groups (broad SMARTS) is 2. The zero-order valence-corrected chi connectivity index (χ0v) is 33.8. The van der Waals surface area contributed by atoms with Crippen molar-refractivity contribution in [3.63, 3.8) is 0 Å². The first-order valence-corrected chi connectivity index (χ1v) is 20.6. The van der Waals surface area contributed by atoms with E-state index in [-0.39, 0.29) is 84.2 Å². The molecule has 0 unspecified atom stereocenters. The maximum atomic E-state index is 12.5. The van der Waals surface area contributed by atoms with Crippen LogP contribution in [0.25, 0.3) is 0 Å². The number of rotatable bonds is 41. The molecule has 0 spiro atoms. The fourth-order valence-corrected chi connectivity index (χ4v) is 5.51. The lowest BCUT2D eigenvalue weighted by Gasteiger charge is -2.17. The first-order valence-electron chi connectivity index (χ1n) is 20.6. The molecule has 4 amide bonds. The number of aliphatic hydroxyl groups is 1. The largest absolute Gasteiger partial charge is 0.480 e. The van der Waals surface area contributed by atoms with Gasteiger partial charge in [0, 0.05) is 32.4 Å². The number of carbonyl (C=O) groups excluding carboxylic acids is 4. The molecule has 0 aliphatic rings. The van der Waals surface area contributed by atoms with Gasteiger partial charge in [0.2, 0.25) is 23.6 Å². The number of hydrogen-bond acceptors (Lipinski definition) is 11. The fourth-order valence-electron chi connectivity index (χ4n) is 5.51. The third kappa shape index (κ3) is 35.1. The van der Waals surface area contributed by atoms with Crippen LogP contribution in [-0.2, 0) is 47.7 Å². The van der Waals surface area contributed by atoms with Gasteiger partial charge in [-0.3, -0.25) is 19.2 Å². The lowest BCUT2D eigenvalue weighted by Crippen LogP contribution is -2.44. The van der Waals surface area contributed by atoms with Crippen molar-refractivity contribution in [1.29, 1.82) is 0 Å². The highest BCUT2D eigenvalue weighted by molar-refractivity contribution is 5.86. The number of aliphatic carboxylic acids is 2. The van der Waals surface area contributed by atoms with E-state index in [0.717, 1.165) is 19.3 Å². The first-order chi connectivity index (χ1) is 27.1. The predicted molar refractivity (Wildman–Crippen MR) is 209 cm³/mol. The molecular weight excluding hydrogens is 732 g/mol. The standard InChI is InChI=1S/C39H72N4O13/c1-2-3-4-5-6-7-8-9-10-11-12-13-14-15-16-35(46)42-33(39(51)52)18-20-36(47)43-32(38(49)50)17-19-34(45)40-21-24-54-29-30-56-31-37(48)41-22-25-53-27-28-55-26-23-44/h32-33,44H,2-31H2,1H3,(H,40,45)(H,41,48)(H,42,46)(H,43,47)(H,49,50)(H,51,52)/t32-,33-/m0/s1. The molecule has 56 heavy (non-hydrogen) atoms. The van der Waals surface area contributed by atoms with Crippen molar-refractivity contribution in [3.05, 3.63) is 0 Å². The quantitative estimate of drug-likeness (QED) is 0.0440. The molecule has 0 radical (unpaired) electrons. The molecule has 0 aromatic rings. The fraction of sp³-hybridized carbons (Fsp3) is 0.846. The summed E-state index contributed by atoms with van der Waals surface area (Å²) in [6.07, 6.45) is 15.9. The minimum atomic E-state index is -1.36. The third-order valence-electron chi connectivity index (χ3n) is 8.69. The zero-order chi connectivity index (χ0) is 41.5. The number of hydrogen-bond donors (Lipinski definition) is 7.